The Hall–Kier alpha value is -3.38. The number of amides is 1. The van der Waals surface area contributed by atoms with Crippen molar-refractivity contribution >= 4 is 23.2 Å². The Bertz CT molecular complexity index is 1170. The molecule has 4 rings (SSSR count). The minimum absolute atomic E-state index is 0.308. The van der Waals surface area contributed by atoms with E-state index in [-0.39, 0.29) is 0 Å². The molecule has 158 valence electrons. The number of hydrazone groups is 1. The van der Waals surface area contributed by atoms with Gasteiger partial charge in [0.25, 0.3) is 5.91 Å². The van der Waals surface area contributed by atoms with Crippen molar-refractivity contribution in [2.45, 2.75) is 12.5 Å². The highest BCUT2D eigenvalue weighted by atomic mass is 35.5. The smallest absolute Gasteiger partial charge is 0.276 e. The molecule has 0 radical (unpaired) electrons. The number of hydrogen-bond acceptors (Lipinski definition) is 4. The largest absolute Gasteiger partial charge is 0.493 e. The summed E-state index contributed by atoms with van der Waals surface area (Å²) in [4.78, 5) is 13.3. The lowest BCUT2D eigenvalue weighted by Gasteiger charge is -2.22. The molecule has 31 heavy (non-hydrogen) atoms. The minimum Gasteiger partial charge on any atom is -0.493 e. The van der Waals surface area contributed by atoms with Crippen molar-refractivity contribution in [1.29, 1.82) is 0 Å². The summed E-state index contributed by atoms with van der Waals surface area (Å²) in [5, 5.41) is 6.21. The number of hydrogen-bond donors (Lipinski definition) is 0. The van der Waals surface area contributed by atoms with Crippen molar-refractivity contribution in [3.05, 3.63) is 94.3 Å². The third-order valence-corrected chi connectivity index (χ3v) is 5.53. The van der Waals surface area contributed by atoms with Gasteiger partial charge in [0.05, 0.1) is 36.6 Å². The van der Waals surface area contributed by atoms with Gasteiger partial charge in [0.15, 0.2) is 11.5 Å². The summed E-state index contributed by atoms with van der Waals surface area (Å²) in [6.45, 7) is 0. The lowest BCUT2D eigenvalue weighted by Crippen LogP contribution is -2.27. The van der Waals surface area contributed by atoms with E-state index in [4.69, 9.17) is 21.1 Å². The van der Waals surface area contributed by atoms with Crippen LogP contribution in [0.3, 0.4) is 0 Å². The number of benzene rings is 3. The molecule has 0 N–H and O–H groups in total. The zero-order chi connectivity index (χ0) is 22.0. The molecule has 0 spiro atoms. The first-order valence-electron chi connectivity index (χ1n) is 9.66. The zero-order valence-electron chi connectivity index (χ0n) is 17.0. The Balaban J connectivity index is 1.78. The molecule has 1 heterocycles. The van der Waals surface area contributed by atoms with Crippen LogP contribution < -0.4 is 9.47 Å². The van der Waals surface area contributed by atoms with Crippen molar-refractivity contribution in [2.24, 2.45) is 5.10 Å². The van der Waals surface area contributed by atoms with Crippen LogP contribution in [-0.4, -0.2) is 30.8 Å². The van der Waals surface area contributed by atoms with Gasteiger partial charge in [-0.2, -0.15) is 5.10 Å². The van der Waals surface area contributed by atoms with Gasteiger partial charge in [-0.1, -0.05) is 41.9 Å². The van der Waals surface area contributed by atoms with Crippen molar-refractivity contribution < 1.29 is 18.7 Å². The van der Waals surface area contributed by atoms with Crippen LogP contribution in [0.1, 0.15) is 33.9 Å². The predicted molar refractivity (Wildman–Crippen MR) is 117 cm³/mol. The van der Waals surface area contributed by atoms with Crippen LogP contribution in [0.25, 0.3) is 0 Å². The van der Waals surface area contributed by atoms with E-state index in [1.807, 2.05) is 6.07 Å². The summed E-state index contributed by atoms with van der Waals surface area (Å²) in [6.07, 6.45) is 0.340. The van der Waals surface area contributed by atoms with E-state index < -0.39 is 17.8 Å². The zero-order valence-corrected chi connectivity index (χ0v) is 17.8. The quantitative estimate of drug-likeness (QED) is 0.529. The van der Waals surface area contributed by atoms with Crippen LogP contribution in [0.2, 0.25) is 5.02 Å². The monoisotopic (exact) mass is 438 g/mol. The van der Waals surface area contributed by atoms with Crippen molar-refractivity contribution in [3.63, 3.8) is 0 Å². The third-order valence-electron chi connectivity index (χ3n) is 5.20. The molecule has 3 aromatic rings. The standard InChI is InChI=1S/C24H20ClFN2O3/c1-30-22-12-11-15(13-23(22)31-2)20-14-21(17-8-4-6-10-19(17)26)28(27-20)24(29)16-7-3-5-9-18(16)25/h3-13,21H,14H2,1-2H3/t21-/m1/s1. The molecule has 0 saturated heterocycles. The van der Waals surface area contributed by atoms with Crippen LogP contribution in [0, 0.1) is 5.82 Å². The number of carbonyl (C=O) groups is 1. The van der Waals surface area contributed by atoms with Gasteiger partial charge in [0, 0.05) is 17.5 Å². The first-order chi connectivity index (χ1) is 15.0. The molecule has 1 aliphatic heterocycles. The molecule has 1 aliphatic rings. The van der Waals surface area contributed by atoms with Gasteiger partial charge in [-0.3, -0.25) is 4.79 Å². The Morgan fingerprint density at radius 2 is 1.74 bits per heavy atom. The van der Waals surface area contributed by atoms with Crippen LogP contribution >= 0.6 is 11.6 Å². The summed E-state index contributed by atoms with van der Waals surface area (Å²) in [5.74, 6) is 0.336. The Labute approximate surface area is 184 Å². The maximum atomic E-state index is 14.7. The fraction of sp³-hybridized carbons (Fsp3) is 0.167. The van der Waals surface area contributed by atoms with E-state index in [9.17, 15) is 9.18 Å². The topological polar surface area (TPSA) is 51.1 Å². The van der Waals surface area contributed by atoms with Crippen LogP contribution in [0.5, 0.6) is 11.5 Å². The molecule has 0 aliphatic carbocycles. The fourth-order valence-corrected chi connectivity index (χ4v) is 3.85. The van der Waals surface area contributed by atoms with Crippen molar-refractivity contribution in [3.8, 4) is 11.5 Å². The number of halogens is 2. The Morgan fingerprint density at radius 3 is 2.45 bits per heavy atom. The maximum Gasteiger partial charge on any atom is 0.276 e. The van der Waals surface area contributed by atoms with E-state index in [2.05, 4.69) is 5.10 Å². The first-order valence-corrected chi connectivity index (χ1v) is 10.0. The first kappa shape index (κ1) is 20.9. The van der Waals surface area contributed by atoms with Gasteiger partial charge >= 0.3 is 0 Å². The predicted octanol–water partition coefficient (Wildman–Crippen LogP) is 5.49. The Kier molecular flexibility index (Phi) is 5.91. The molecule has 0 fully saturated rings. The lowest BCUT2D eigenvalue weighted by atomic mass is 9.97. The van der Waals surface area contributed by atoms with E-state index in [1.54, 1.807) is 68.8 Å². The summed E-state index contributed by atoms with van der Waals surface area (Å²) in [7, 11) is 3.11. The Morgan fingerprint density at radius 1 is 1.03 bits per heavy atom. The van der Waals surface area contributed by atoms with Crippen molar-refractivity contribution in [1.82, 2.24) is 5.01 Å². The molecular formula is C24H20ClFN2O3. The van der Waals surface area contributed by atoms with Crippen LogP contribution in [-0.2, 0) is 0 Å². The molecular weight excluding hydrogens is 419 g/mol. The van der Waals surface area contributed by atoms with Gasteiger partial charge in [0.2, 0.25) is 0 Å². The normalized spacial score (nSPS) is 15.5. The number of nitrogens with zero attached hydrogens (tertiary/aromatic N) is 2. The molecule has 0 aromatic heterocycles. The summed E-state index contributed by atoms with van der Waals surface area (Å²) >= 11 is 6.25. The van der Waals surface area contributed by atoms with Gasteiger partial charge in [-0.05, 0) is 36.4 Å². The van der Waals surface area contributed by atoms with Crippen LogP contribution in [0.15, 0.2) is 71.8 Å². The average molecular weight is 439 g/mol. The second-order valence-electron chi connectivity index (χ2n) is 6.99. The molecule has 3 aromatic carbocycles. The minimum atomic E-state index is -0.604. The highest BCUT2D eigenvalue weighted by Crippen LogP contribution is 2.37. The van der Waals surface area contributed by atoms with Crippen LogP contribution in [0.4, 0.5) is 4.39 Å². The summed E-state index contributed by atoms with van der Waals surface area (Å²) in [5.41, 5.74) is 2.09. The highest BCUT2D eigenvalue weighted by molar-refractivity contribution is 6.33. The van der Waals surface area contributed by atoms with Crippen molar-refractivity contribution in [2.75, 3.05) is 14.2 Å². The summed E-state index contributed by atoms with van der Waals surface area (Å²) in [6, 6.07) is 17.9. The number of carbonyl (C=O) groups excluding carboxylic acids is 1. The van der Waals surface area contributed by atoms with Gasteiger partial charge < -0.3 is 9.47 Å². The average Bonchev–Trinajstić information content (AvgIpc) is 3.24. The molecule has 0 saturated carbocycles. The number of methoxy groups -OCH3 is 2. The number of rotatable bonds is 5. The lowest BCUT2D eigenvalue weighted by molar-refractivity contribution is 0.0709. The van der Waals surface area contributed by atoms with E-state index in [0.29, 0.717) is 39.8 Å². The van der Waals surface area contributed by atoms with Gasteiger partial charge in [-0.25, -0.2) is 9.40 Å². The maximum absolute atomic E-state index is 14.7. The fourth-order valence-electron chi connectivity index (χ4n) is 3.63. The molecule has 7 heteroatoms. The molecule has 0 bridgehead atoms. The third kappa shape index (κ3) is 3.99. The molecule has 1 amide bonds. The molecule has 0 unspecified atom stereocenters. The van der Waals surface area contributed by atoms with E-state index >= 15 is 0 Å². The highest BCUT2D eigenvalue weighted by Gasteiger charge is 2.35. The van der Waals surface area contributed by atoms with E-state index in [0.717, 1.165) is 5.56 Å². The van der Waals surface area contributed by atoms with Gasteiger partial charge in [0.1, 0.15) is 5.82 Å². The second kappa shape index (κ2) is 8.78. The SMILES string of the molecule is COc1ccc(C2=NN(C(=O)c3ccccc3Cl)[C@@H](c3ccccc3F)C2)cc1OC. The van der Waals surface area contributed by atoms with E-state index in [1.165, 1.54) is 11.1 Å². The second-order valence-corrected chi connectivity index (χ2v) is 7.39. The molecule has 5 nitrogen and oxygen atoms in total. The summed E-state index contributed by atoms with van der Waals surface area (Å²) < 4.78 is 25.3. The molecule has 1 atom stereocenters. The number of ether oxygens (including phenoxy) is 2. The van der Waals surface area contributed by atoms with Gasteiger partial charge in [-0.15, -0.1) is 0 Å².